The highest BCUT2D eigenvalue weighted by Gasteiger charge is 2.20. The van der Waals surface area contributed by atoms with E-state index in [1.165, 1.54) is 70.6 Å². The van der Waals surface area contributed by atoms with Gasteiger partial charge in [0.25, 0.3) is 7.82 Å². The van der Waals surface area contributed by atoms with Gasteiger partial charge in [0.1, 0.15) is 19.3 Å². The van der Waals surface area contributed by atoms with Crippen molar-refractivity contribution in [1.82, 2.24) is 0 Å². The van der Waals surface area contributed by atoms with Gasteiger partial charge in [-0.15, -0.1) is 0 Å². The third-order valence-electron chi connectivity index (χ3n) is 8.61. The quantitative estimate of drug-likeness (QED) is 0.0204. The second-order valence-electron chi connectivity index (χ2n) is 15.0. The monoisotopic (exact) mass is 754 g/mol. The van der Waals surface area contributed by atoms with Crippen molar-refractivity contribution in [2.24, 2.45) is 0 Å². The maximum Gasteiger partial charge on any atom is 0.306 e. The molecule has 0 heterocycles. The first-order chi connectivity index (χ1) is 25.1. The number of allylic oxidation sites excluding steroid dienone is 8. The third kappa shape index (κ3) is 39.7. The lowest BCUT2D eigenvalue weighted by Crippen LogP contribution is -2.37. The third-order valence-corrected chi connectivity index (χ3v) is 9.58. The van der Waals surface area contributed by atoms with Crippen molar-refractivity contribution in [2.45, 2.75) is 168 Å². The summed E-state index contributed by atoms with van der Waals surface area (Å²) >= 11 is 0. The second-order valence-corrected chi connectivity index (χ2v) is 16.4. The molecule has 0 fully saturated rings. The number of phosphoric ester groups is 1. The highest BCUT2D eigenvalue weighted by molar-refractivity contribution is 7.45. The van der Waals surface area contributed by atoms with E-state index in [0.717, 1.165) is 70.6 Å². The molecule has 2 unspecified atom stereocenters. The fourth-order valence-electron chi connectivity index (χ4n) is 5.38. The minimum atomic E-state index is -4.53. The predicted molar refractivity (Wildman–Crippen MR) is 217 cm³/mol. The number of hydrogen-bond acceptors (Lipinski definition) is 7. The zero-order valence-corrected chi connectivity index (χ0v) is 35.1. The Morgan fingerprint density at radius 1 is 0.615 bits per heavy atom. The average Bonchev–Trinajstić information content (AvgIpc) is 3.09. The standard InChI is InChI=1S/C43H80NO7P/c1-6-8-10-12-14-16-18-20-21-22-23-24-25-27-29-31-33-35-38-48-40-42(41-50-52(46,47)49-39-37-44(3,4)5)51-43(45)36-34-32-30-28-26-19-17-15-13-11-9-7-2/h8,10,14-17,20-21,42H,6-7,9,11-13,18-19,22-41H2,1-5H3/b10-8-,16-14-,17-15-,21-20-. The Labute approximate surface area is 320 Å². The van der Waals surface area contributed by atoms with Crippen molar-refractivity contribution in [3.05, 3.63) is 48.6 Å². The van der Waals surface area contributed by atoms with Gasteiger partial charge in [-0.2, -0.15) is 0 Å². The van der Waals surface area contributed by atoms with Crippen molar-refractivity contribution in [2.75, 3.05) is 54.1 Å². The summed E-state index contributed by atoms with van der Waals surface area (Å²) in [5.74, 6) is -0.349. The Hall–Kier alpha value is -1.54. The fourth-order valence-corrected chi connectivity index (χ4v) is 6.11. The van der Waals surface area contributed by atoms with Gasteiger partial charge in [-0.1, -0.05) is 133 Å². The topological polar surface area (TPSA) is 94.1 Å². The van der Waals surface area contributed by atoms with E-state index in [2.05, 4.69) is 62.5 Å². The molecule has 304 valence electrons. The number of unbranched alkanes of at least 4 members (excludes halogenated alkanes) is 16. The lowest BCUT2D eigenvalue weighted by molar-refractivity contribution is -0.870. The highest BCUT2D eigenvalue weighted by Crippen LogP contribution is 2.38. The molecular formula is C43H80NO7P. The zero-order chi connectivity index (χ0) is 38.4. The molecular weight excluding hydrogens is 673 g/mol. The summed E-state index contributed by atoms with van der Waals surface area (Å²) in [6, 6.07) is 0. The van der Waals surface area contributed by atoms with Crippen molar-refractivity contribution in [1.29, 1.82) is 0 Å². The number of carbonyl (C=O) groups excluding carboxylic acids is 1. The molecule has 8 nitrogen and oxygen atoms in total. The molecule has 0 aromatic heterocycles. The van der Waals surface area contributed by atoms with Crippen molar-refractivity contribution in [3.8, 4) is 0 Å². The van der Waals surface area contributed by atoms with Gasteiger partial charge >= 0.3 is 5.97 Å². The molecule has 0 aromatic carbocycles. The van der Waals surface area contributed by atoms with Crippen LogP contribution < -0.4 is 4.89 Å². The van der Waals surface area contributed by atoms with E-state index < -0.39 is 13.9 Å². The average molecular weight is 754 g/mol. The second kappa shape index (κ2) is 36.4. The summed E-state index contributed by atoms with van der Waals surface area (Å²) in [6.45, 7) is 5.24. The number of quaternary nitrogens is 1. The number of ether oxygens (including phenoxy) is 2. The highest BCUT2D eigenvalue weighted by atomic mass is 31.2. The summed E-state index contributed by atoms with van der Waals surface area (Å²) in [5.41, 5.74) is 0. The Kier molecular flexibility index (Phi) is 35.4. The molecule has 0 aliphatic heterocycles. The molecule has 0 amide bonds. The van der Waals surface area contributed by atoms with Crippen molar-refractivity contribution >= 4 is 13.8 Å². The maximum absolute atomic E-state index is 12.6. The Bertz CT molecular complexity index is 973. The smallest absolute Gasteiger partial charge is 0.306 e. The van der Waals surface area contributed by atoms with Crippen LogP contribution in [0.5, 0.6) is 0 Å². The zero-order valence-electron chi connectivity index (χ0n) is 34.2. The van der Waals surface area contributed by atoms with Crippen LogP contribution in [0, 0.1) is 0 Å². The van der Waals surface area contributed by atoms with E-state index in [4.69, 9.17) is 18.5 Å². The van der Waals surface area contributed by atoms with Crippen LogP contribution in [0.15, 0.2) is 48.6 Å². The molecule has 0 N–H and O–H groups in total. The van der Waals surface area contributed by atoms with Gasteiger partial charge in [-0.25, -0.2) is 0 Å². The Morgan fingerprint density at radius 3 is 1.69 bits per heavy atom. The van der Waals surface area contributed by atoms with Crippen LogP contribution in [-0.2, 0) is 27.9 Å². The first kappa shape index (κ1) is 50.5. The number of likely N-dealkylation sites (N-methyl/N-ethyl adjacent to an activating group) is 1. The minimum Gasteiger partial charge on any atom is -0.756 e. The molecule has 9 heteroatoms. The van der Waals surface area contributed by atoms with Gasteiger partial charge in [0.2, 0.25) is 0 Å². The molecule has 0 saturated carbocycles. The molecule has 0 aliphatic rings. The predicted octanol–water partition coefficient (Wildman–Crippen LogP) is 11.4. The van der Waals surface area contributed by atoms with E-state index >= 15 is 0 Å². The largest absolute Gasteiger partial charge is 0.756 e. The van der Waals surface area contributed by atoms with Gasteiger partial charge in [0.05, 0.1) is 34.4 Å². The molecule has 0 saturated heterocycles. The lowest BCUT2D eigenvalue weighted by Gasteiger charge is -2.28. The van der Waals surface area contributed by atoms with Gasteiger partial charge in [-0.3, -0.25) is 9.36 Å². The molecule has 0 spiro atoms. The van der Waals surface area contributed by atoms with E-state index in [-0.39, 0.29) is 25.8 Å². The number of carbonyl (C=O) groups is 1. The summed E-state index contributed by atoms with van der Waals surface area (Å²) in [7, 11) is 1.34. The molecule has 0 radical (unpaired) electrons. The first-order valence-corrected chi connectivity index (χ1v) is 22.3. The Balaban J connectivity index is 4.25. The molecule has 52 heavy (non-hydrogen) atoms. The molecule has 2 atom stereocenters. The summed E-state index contributed by atoms with van der Waals surface area (Å²) < 4.78 is 34.5. The summed E-state index contributed by atoms with van der Waals surface area (Å²) in [5, 5.41) is 0. The summed E-state index contributed by atoms with van der Waals surface area (Å²) in [6.07, 6.45) is 42.6. The van der Waals surface area contributed by atoms with Gasteiger partial charge in [0.15, 0.2) is 0 Å². The number of rotatable bonds is 38. The number of phosphoric acid groups is 1. The number of nitrogens with zero attached hydrogens (tertiary/aromatic N) is 1. The Morgan fingerprint density at radius 2 is 1.12 bits per heavy atom. The van der Waals surface area contributed by atoms with Gasteiger partial charge < -0.3 is 27.9 Å². The summed E-state index contributed by atoms with van der Waals surface area (Å²) in [4.78, 5) is 25.0. The number of esters is 1. The SMILES string of the molecule is CC/C=C\C/C=C\C/C=C\CCCCCCCCCCOCC(COP(=O)([O-])OCC[N+](C)(C)C)OC(=O)CCCCCCC/C=C\CCCCC. The van der Waals surface area contributed by atoms with Crippen LogP contribution in [-0.4, -0.2) is 70.7 Å². The molecule has 0 aromatic rings. The van der Waals surface area contributed by atoms with Crippen LogP contribution in [0.2, 0.25) is 0 Å². The molecule has 0 aliphatic carbocycles. The van der Waals surface area contributed by atoms with Crippen molar-refractivity contribution < 1.29 is 37.3 Å². The van der Waals surface area contributed by atoms with Crippen LogP contribution in [0.4, 0.5) is 0 Å². The molecule has 0 bridgehead atoms. The van der Waals surface area contributed by atoms with E-state index in [1.807, 2.05) is 21.1 Å². The van der Waals surface area contributed by atoms with Crippen LogP contribution >= 0.6 is 7.82 Å². The van der Waals surface area contributed by atoms with Crippen molar-refractivity contribution in [3.63, 3.8) is 0 Å². The van der Waals surface area contributed by atoms with Gasteiger partial charge in [0, 0.05) is 13.0 Å². The first-order valence-electron chi connectivity index (χ1n) is 20.9. The van der Waals surface area contributed by atoms with Gasteiger partial charge in [-0.05, 0) is 70.6 Å². The number of hydrogen-bond donors (Lipinski definition) is 0. The molecule has 0 rings (SSSR count). The lowest BCUT2D eigenvalue weighted by atomic mass is 10.1. The normalized spacial score (nSPS) is 14.3. The van der Waals surface area contributed by atoms with E-state index in [1.54, 1.807) is 0 Å². The van der Waals surface area contributed by atoms with Crippen LogP contribution in [0.1, 0.15) is 162 Å². The minimum absolute atomic E-state index is 0.0215. The van der Waals surface area contributed by atoms with Crippen LogP contribution in [0.25, 0.3) is 0 Å². The van der Waals surface area contributed by atoms with Crippen LogP contribution in [0.3, 0.4) is 0 Å². The fraction of sp³-hybridized carbons (Fsp3) is 0.791. The van der Waals surface area contributed by atoms with E-state index in [0.29, 0.717) is 24.1 Å². The van der Waals surface area contributed by atoms with E-state index in [9.17, 15) is 14.3 Å². The maximum atomic E-state index is 12.6.